The van der Waals surface area contributed by atoms with E-state index in [1.807, 2.05) is 17.5 Å². The highest BCUT2D eigenvalue weighted by atomic mass is 32.2. The maximum absolute atomic E-state index is 13.7. The molecule has 0 saturated carbocycles. The Bertz CT molecular complexity index is 1240. The third-order valence-electron chi connectivity index (χ3n) is 4.93. The van der Waals surface area contributed by atoms with Crippen LogP contribution in [0.15, 0.2) is 74.8 Å². The molecule has 31 heavy (non-hydrogen) atoms. The number of furan rings is 1. The Morgan fingerprint density at radius 1 is 1.23 bits per heavy atom. The summed E-state index contributed by atoms with van der Waals surface area (Å²) in [7, 11) is 0. The summed E-state index contributed by atoms with van der Waals surface area (Å²) < 4.78 is 33.6. The number of carbonyl (C=O) groups is 1. The molecule has 1 aliphatic rings. The lowest BCUT2D eigenvalue weighted by molar-refractivity contribution is -0.130. The van der Waals surface area contributed by atoms with Crippen LogP contribution < -0.4 is 0 Å². The second kappa shape index (κ2) is 8.27. The number of benzene rings is 1. The number of rotatable bonds is 6. The number of alkyl halides is 2. The normalized spacial score (nSPS) is 16.4. The average molecular weight is 459 g/mol. The van der Waals surface area contributed by atoms with Crippen LogP contribution in [-0.2, 0) is 4.79 Å². The van der Waals surface area contributed by atoms with Crippen molar-refractivity contribution < 1.29 is 18.0 Å². The fraction of sp³-hybridized carbons (Fsp3) is 0.190. The second-order valence-corrected chi connectivity index (χ2v) is 8.74. The lowest BCUT2D eigenvalue weighted by Crippen LogP contribution is -2.28. The number of hydrogen-bond acceptors (Lipinski definition) is 6. The lowest BCUT2D eigenvalue weighted by atomic mass is 10.1. The third kappa shape index (κ3) is 3.77. The Morgan fingerprint density at radius 2 is 2.10 bits per heavy atom. The molecule has 5 rings (SSSR count). The minimum atomic E-state index is -2.75. The Hall–Kier alpha value is -2.98. The van der Waals surface area contributed by atoms with Crippen molar-refractivity contribution in [2.75, 3.05) is 5.75 Å². The van der Waals surface area contributed by atoms with Crippen LogP contribution in [0.1, 0.15) is 29.6 Å². The monoisotopic (exact) mass is 458 g/mol. The number of aromatic nitrogens is 2. The number of carbonyl (C=O) groups excluding carboxylic acids is 1. The minimum absolute atomic E-state index is 0.0626. The van der Waals surface area contributed by atoms with Gasteiger partial charge in [-0.3, -0.25) is 9.36 Å². The first-order valence-electron chi connectivity index (χ1n) is 9.46. The number of para-hydroxylation sites is 2. The zero-order valence-electron chi connectivity index (χ0n) is 16.0. The molecule has 4 heterocycles. The molecule has 0 bridgehead atoms. The van der Waals surface area contributed by atoms with Gasteiger partial charge in [0.25, 0.3) is 5.91 Å². The predicted octanol–water partition coefficient (Wildman–Crippen LogP) is 5.56. The van der Waals surface area contributed by atoms with Gasteiger partial charge in [-0.1, -0.05) is 30.0 Å². The van der Waals surface area contributed by atoms with Gasteiger partial charge in [0, 0.05) is 11.3 Å². The van der Waals surface area contributed by atoms with Crippen molar-refractivity contribution in [2.45, 2.75) is 24.2 Å². The van der Waals surface area contributed by atoms with Crippen LogP contribution in [0.5, 0.6) is 0 Å². The molecule has 158 valence electrons. The summed E-state index contributed by atoms with van der Waals surface area (Å²) in [6, 6.07) is 13.9. The highest BCUT2D eigenvalue weighted by molar-refractivity contribution is 7.99. The zero-order valence-corrected chi connectivity index (χ0v) is 17.7. The minimum Gasteiger partial charge on any atom is -0.463 e. The first-order valence-corrected chi connectivity index (χ1v) is 11.3. The number of hydrazone groups is 1. The van der Waals surface area contributed by atoms with Crippen molar-refractivity contribution in [2.24, 2.45) is 5.10 Å². The SMILES string of the molecule is O=C(CSc1nc2ccccc2n1C(F)F)N1N=C(c2ccco2)C[C@H]1c1cccs1. The number of nitrogens with zero attached hydrogens (tertiary/aromatic N) is 4. The predicted molar refractivity (Wildman–Crippen MR) is 115 cm³/mol. The number of amides is 1. The molecule has 0 fully saturated rings. The van der Waals surface area contributed by atoms with Crippen molar-refractivity contribution in [3.05, 3.63) is 70.8 Å². The van der Waals surface area contributed by atoms with E-state index < -0.39 is 6.55 Å². The molecular weight excluding hydrogens is 442 g/mol. The van der Waals surface area contributed by atoms with Crippen LogP contribution >= 0.6 is 23.1 Å². The molecule has 1 atom stereocenters. The molecule has 1 aromatic carbocycles. The number of thiophene rings is 1. The average Bonchev–Trinajstić information content (AvgIpc) is 3.55. The molecule has 10 heteroatoms. The highest BCUT2D eigenvalue weighted by Gasteiger charge is 2.34. The van der Waals surface area contributed by atoms with Gasteiger partial charge in [-0.2, -0.15) is 13.9 Å². The molecule has 1 aliphatic heterocycles. The number of hydrogen-bond donors (Lipinski definition) is 0. The van der Waals surface area contributed by atoms with E-state index in [-0.39, 0.29) is 22.9 Å². The fourth-order valence-corrected chi connectivity index (χ4v) is 5.22. The molecule has 0 aliphatic carbocycles. The fourth-order valence-electron chi connectivity index (χ4n) is 3.54. The zero-order chi connectivity index (χ0) is 21.4. The van der Waals surface area contributed by atoms with E-state index >= 15 is 0 Å². The Morgan fingerprint density at radius 3 is 2.84 bits per heavy atom. The topological polar surface area (TPSA) is 63.6 Å². The first kappa shape index (κ1) is 20.0. The molecule has 4 aromatic rings. The standard InChI is InChI=1S/C21H16F2N4O2S2/c22-20(23)26-15-6-2-1-5-13(15)24-21(26)31-12-19(28)27-16(18-8-4-10-30-18)11-14(25-27)17-7-3-9-29-17/h1-10,16,20H,11-12H2/t16-/m0/s1. The van der Waals surface area contributed by atoms with Gasteiger partial charge in [0.15, 0.2) is 5.16 Å². The van der Waals surface area contributed by atoms with Crippen molar-refractivity contribution in [3.8, 4) is 0 Å². The van der Waals surface area contributed by atoms with Gasteiger partial charge >= 0.3 is 6.55 Å². The molecular formula is C21H16F2N4O2S2. The summed E-state index contributed by atoms with van der Waals surface area (Å²) in [6.45, 7) is -2.75. The van der Waals surface area contributed by atoms with Crippen molar-refractivity contribution in [1.29, 1.82) is 0 Å². The van der Waals surface area contributed by atoms with Crippen molar-refractivity contribution >= 4 is 45.8 Å². The van der Waals surface area contributed by atoms with Crippen molar-refractivity contribution in [1.82, 2.24) is 14.6 Å². The highest BCUT2D eigenvalue weighted by Crippen LogP contribution is 2.36. The molecule has 0 radical (unpaired) electrons. The van der Waals surface area contributed by atoms with Gasteiger partial charge in [0.2, 0.25) is 0 Å². The number of imidazole rings is 1. The summed E-state index contributed by atoms with van der Waals surface area (Å²) in [6.07, 6.45) is 2.09. The number of thioether (sulfide) groups is 1. The van der Waals surface area contributed by atoms with E-state index in [1.54, 1.807) is 54.0 Å². The summed E-state index contributed by atoms with van der Waals surface area (Å²) in [5.41, 5.74) is 1.48. The molecule has 0 saturated heterocycles. The van der Waals surface area contributed by atoms with E-state index in [9.17, 15) is 13.6 Å². The summed E-state index contributed by atoms with van der Waals surface area (Å²) in [5, 5.41) is 7.99. The smallest absolute Gasteiger partial charge is 0.321 e. The third-order valence-corrected chi connectivity index (χ3v) is 6.84. The van der Waals surface area contributed by atoms with Gasteiger partial charge in [-0.05, 0) is 35.7 Å². The number of halogens is 2. The molecule has 3 aromatic heterocycles. The van der Waals surface area contributed by atoms with Gasteiger partial charge in [-0.15, -0.1) is 11.3 Å². The summed E-state index contributed by atoms with van der Waals surface area (Å²) >= 11 is 2.53. The van der Waals surface area contributed by atoms with Gasteiger partial charge in [-0.25, -0.2) is 9.99 Å². The molecule has 0 N–H and O–H groups in total. The van der Waals surface area contributed by atoms with Crippen LogP contribution in [0.3, 0.4) is 0 Å². The van der Waals surface area contributed by atoms with E-state index in [4.69, 9.17) is 4.42 Å². The first-order chi connectivity index (χ1) is 15.1. The van der Waals surface area contributed by atoms with Gasteiger partial charge in [0.1, 0.15) is 11.5 Å². The van der Waals surface area contributed by atoms with Crippen molar-refractivity contribution in [3.63, 3.8) is 0 Å². The van der Waals surface area contributed by atoms with Crippen LogP contribution in [0.4, 0.5) is 8.78 Å². The van der Waals surface area contributed by atoms with Gasteiger partial charge in [0.05, 0.1) is 29.1 Å². The number of fused-ring (bicyclic) bond motifs is 1. The Balaban J connectivity index is 1.40. The van der Waals surface area contributed by atoms with E-state index in [2.05, 4.69) is 10.1 Å². The van der Waals surface area contributed by atoms with E-state index in [1.165, 1.54) is 5.01 Å². The molecule has 0 unspecified atom stereocenters. The molecule has 6 nitrogen and oxygen atoms in total. The molecule has 0 spiro atoms. The van der Waals surface area contributed by atoms with E-state index in [0.29, 0.717) is 28.9 Å². The van der Waals surface area contributed by atoms with Gasteiger partial charge < -0.3 is 4.42 Å². The quantitative estimate of drug-likeness (QED) is 0.355. The lowest BCUT2D eigenvalue weighted by Gasteiger charge is -2.20. The van der Waals surface area contributed by atoms with Crippen LogP contribution in [0.2, 0.25) is 0 Å². The maximum atomic E-state index is 13.7. The van der Waals surface area contributed by atoms with Crippen LogP contribution in [0, 0.1) is 0 Å². The largest absolute Gasteiger partial charge is 0.463 e. The van der Waals surface area contributed by atoms with Crippen LogP contribution in [-0.4, -0.2) is 31.9 Å². The van der Waals surface area contributed by atoms with Crippen LogP contribution in [0.25, 0.3) is 11.0 Å². The maximum Gasteiger partial charge on any atom is 0.321 e. The Labute approximate surface area is 184 Å². The summed E-state index contributed by atoms with van der Waals surface area (Å²) in [4.78, 5) is 18.4. The molecule has 1 amide bonds. The summed E-state index contributed by atoms with van der Waals surface area (Å²) in [5.74, 6) is 0.272. The van der Waals surface area contributed by atoms with E-state index in [0.717, 1.165) is 21.2 Å². The second-order valence-electron chi connectivity index (χ2n) is 6.82. The Kier molecular flexibility index (Phi) is 5.33.